The van der Waals surface area contributed by atoms with Gasteiger partial charge in [0.05, 0.1) is 0 Å². The highest BCUT2D eigenvalue weighted by atomic mass is 16.5. The van der Waals surface area contributed by atoms with Crippen LogP contribution in [0.2, 0.25) is 0 Å². The molecule has 0 aliphatic rings. The molecular weight excluding hydrogens is 190 g/mol. The number of nitrogens with one attached hydrogen (secondary N) is 1. The minimum Gasteiger partial charge on any atom is -0.385 e. The number of ether oxygens (including phenoxy) is 2. The third kappa shape index (κ3) is 11.8. The molecule has 3 nitrogen and oxygen atoms in total. The Hall–Kier alpha value is -0.120. The zero-order valence-corrected chi connectivity index (χ0v) is 10.7. The van der Waals surface area contributed by atoms with Crippen LogP contribution in [0.3, 0.4) is 0 Å². The Labute approximate surface area is 94.5 Å². The fourth-order valence-corrected chi connectivity index (χ4v) is 1.23. The van der Waals surface area contributed by atoms with E-state index in [0.29, 0.717) is 12.0 Å². The van der Waals surface area contributed by atoms with Gasteiger partial charge in [-0.05, 0) is 25.3 Å². The minimum atomic E-state index is 0.579. The molecule has 0 aromatic carbocycles. The van der Waals surface area contributed by atoms with E-state index >= 15 is 0 Å². The second-order valence-corrected chi connectivity index (χ2v) is 4.42. The zero-order valence-electron chi connectivity index (χ0n) is 10.7. The van der Waals surface area contributed by atoms with Gasteiger partial charge in [0.1, 0.15) is 0 Å². The van der Waals surface area contributed by atoms with Gasteiger partial charge >= 0.3 is 0 Å². The molecule has 0 aromatic rings. The Kier molecular flexibility index (Phi) is 10.3. The first kappa shape index (κ1) is 14.9. The lowest BCUT2D eigenvalue weighted by Gasteiger charge is -2.14. The van der Waals surface area contributed by atoms with Crippen LogP contribution >= 0.6 is 0 Å². The van der Waals surface area contributed by atoms with Crippen molar-refractivity contribution in [2.45, 2.75) is 39.7 Å². The quantitative estimate of drug-likeness (QED) is 0.568. The molecule has 0 spiro atoms. The summed E-state index contributed by atoms with van der Waals surface area (Å²) in [4.78, 5) is 0. The van der Waals surface area contributed by atoms with E-state index in [0.717, 1.165) is 39.2 Å². The summed E-state index contributed by atoms with van der Waals surface area (Å²) in [6.45, 7) is 10.2. The zero-order chi connectivity index (χ0) is 11.5. The Morgan fingerprint density at radius 2 is 1.80 bits per heavy atom. The second-order valence-electron chi connectivity index (χ2n) is 4.42. The standard InChI is InChI=1S/C12H27NO2/c1-11(2)13-10-12(3)6-9-15-8-5-7-14-4/h11-13H,5-10H2,1-4H3. The van der Waals surface area contributed by atoms with Crippen LogP contribution < -0.4 is 5.32 Å². The molecule has 3 heteroatoms. The molecule has 0 bridgehead atoms. The van der Waals surface area contributed by atoms with Crippen molar-refractivity contribution < 1.29 is 9.47 Å². The Bertz CT molecular complexity index is 129. The van der Waals surface area contributed by atoms with E-state index in [2.05, 4.69) is 26.1 Å². The predicted molar refractivity (Wildman–Crippen MR) is 64.2 cm³/mol. The molecule has 0 saturated heterocycles. The molecule has 0 aromatic heterocycles. The van der Waals surface area contributed by atoms with Crippen LogP contribution in [-0.4, -0.2) is 39.5 Å². The fraction of sp³-hybridized carbons (Fsp3) is 1.00. The molecule has 0 rings (SSSR count). The van der Waals surface area contributed by atoms with E-state index in [1.165, 1.54) is 0 Å². The normalized spacial score (nSPS) is 13.4. The molecular formula is C12H27NO2. The van der Waals surface area contributed by atoms with Gasteiger partial charge in [0.25, 0.3) is 0 Å². The van der Waals surface area contributed by atoms with E-state index in [1.807, 2.05) is 0 Å². The Balaban J connectivity index is 3.13. The third-order valence-corrected chi connectivity index (χ3v) is 2.27. The van der Waals surface area contributed by atoms with Crippen molar-refractivity contribution in [3.05, 3.63) is 0 Å². The molecule has 0 fully saturated rings. The molecule has 0 aliphatic heterocycles. The summed E-state index contributed by atoms with van der Waals surface area (Å²) in [6.07, 6.45) is 2.13. The van der Waals surface area contributed by atoms with Crippen molar-refractivity contribution in [2.24, 2.45) is 5.92 Å². The topological polar surface area (TPSA) is 30.5 Å². The van der Waals surface area contributed by atoms with Crippen LogP contribution in [0.25, 0.3) is 0 Å². The minimum absolute atomic E-state index is 0.579. The summed E-state index contributed by atoms with van der Waals surface area (Å²) in [7, 11) is 1.72. The van der Waals surface area contributed by atoms with E-state index in [-0.39, 0.29) is 0 Å². The summed E-state index contributed by atoms with van der Waals surface area (Å²) in [6, 6.07) is 0.579. The average molecular weight is 217 g/mol. The molecule has 0 aliphatic carbocycles. The van der Waals surface area contributed by atoms with Gasteiger partial charge in [0.2, 0.25) is 0 Å². The van der Waals surface area contributed by atoms with Gasteiger partial charge in [-0.1, -0.05) is 20.8 Å². The van der Waals surface area contributed by atoms with Crippen LogP contribution in [0.5, 0.6) is 0 Å². The first-order valence-electron chi connectivity index (χ1n) is 5.97. The van der Waals surface area contributed by atoms with E-state index in [1.54, 1.807) is 7.11 Å². The summed E-state index contributed by atoms with van der Waals surface area (Å²) in [5.74, 6) is 0.690. The van der Waals surface area contributed by atoms with Crippen LogP contribution in [0.15, 0.2) is 0 Å². The van der Waals surface area contributed by atoms with Crippen molar-refractivity contribution in [1.82, 2.24) is 5.32 Å². The second kappa shape index (κ2) is 10.4. The monoisotopic (exact) mass is 217 g/mol. The smallest absolute Gasteiger partial charge is 0.0487 e. The van der Waals surface area contributed by atoms with E-state index in [4.69, 9.17) is 9.47 Å². The number of methoxy groups -OCH3 is 1. The molecule has 1 atom stereocenters. The lowest BCUT2D eigenvalue weighted by atomic mass is 10.1. The van der Waals surface area contributed by atoms with Gasteiger partial charge in [-0.2, -0.15) is 0 Å². The number of hydrogen-bond acceptors (Lipinski definition) is 3. The Morgan fingerprint density at radius 3 is 2.40 bits per heavy atom. The van der Waals surface area contributed by atoms with Gasteiger partial charge in [-0.3, -0.25) is 0 Å². The third-order valence-electron chi connectivity index (χ3n) is 2.27. The highest BCUT2D eigenvalue weighted by Gasteiger charge is 2.02. The fourth-order valence-electron chi connectivity index (χ4n) is 1.23. The van der Waals surface area contributed by atoms with Crippen molar-refractivity contribution in [3.8, 4) is 0 Å². The molecule has 92 valence electrons. The largest absolute Gasteiger partial charge is 0.385 e. The van der Waals surface area contributed by atoms with Crippen LogP contribution in [-0.2, 0) is 9.47 Å². The predicted octanol–water partition coefficient (Wildman–Crippen LogP) is 2.06. The molecule has 0 saturated carbocycles. The highest BCUT2D eigenvalue weighted by Crippen LogP contribution is 2.01. The SMILES string of the molecule is COCCCOCCC(C)CNC(C)C. The van der Waals surface area contributed by atoms with E-state index in [9.17, 15) is 0 Å². The molecule has 0 radical (unpaired) electrons. The van der Waals surface area contributed by atoms with Crippen LogP contribution in [0.4, 0.5) is 0 Å². The maximum absolute atomic E-state index is 5.51. The van der Waals surface area contributed by atoms with Crippen LogP contribution in [0, 0.1) is 5.92 Å². The summed E-state index contributed by atoms with van der Waals surface area (Å²) in [5, 5.41) is 3.43. The van der Waals surface area contributed by atoms with Crippen molar-refractivity contribution in [3.63, 3.8) is 0 Å². The highest BCUT2D eigenvalue weighted by molar-refractivity contribution is 4.59. The van der Waals surface area contributed by atoms with E-state index < -0.39 is 0 Å². The first-order chi connectivity index (χ1) is 7.16. The summed E-state index contributed by atoms with van der Waals surface area (Å²) >= 11 is 0. The first-order valence-corrected chi connectivity index (χ1v) is 5.97. The molecule has 0 amide bonds. The van der Waals surface area contributed by atoms with Gasteiger partial charge in [0, 0.05) is 33.0 Å². The Morgan fingerprint density at radius 1 is 1.07 bits per heavy atom. The van der Waals surface area contributed by atoms with Gasteiger partial charge in [-0.25, -0.2) is 0 Å². The molecule has 1 N–H and O–H groups in total. The van der Waals surface area contributed by atoms with Gasteiger partial charge in [-0.15, -0.1) is 0 Å². The molecule has 15 heavy (non-hydrogen) atoms. The van der Waals surface area contributed by atoms with Gasteiger partial charge < -0.3 is 14.8 Å². The average Bonchev–Trinajstić information content (AvgIpc) is 2.20. The maximum Gasteiger partial charge on any atom is 0.0487 e. The molecule has 0 heterocycles. The van der Waals surface area contributed by atoms with Crippen molar-refractivity contribution in [1.29, 1.82) is 0 Å². The van der Waals surface area contributed by atoms with Crippen LogP contribution in [0.1, 0.15) is 33.6 Å². The lowest BCUT2D eigenvalue weighted by molar-refractivity contribution is 0.0947. The maximum atomic E-state index is 5.51. The summed E-state index contributed by atoms with van der Waals surface area (Å²) in [5.41, 5.74) is 0. The summed E-state index contributed by atoms with van der Waals surface area (Å²) < 4.78 is 10.4. The number of rotatable bonds is 10. The number of hydrogen-bond donors (Lipinski definition) is 1. The van der Waals surface area contributed by atoms with Crippen molar-refractivity contribution >= 4 is 0 Å². The van der Waals surface area contributed by atoms with Crippen molar-refractivity contribution in [2.75, 3.05) is 33.5 Å². The molecule has 1 unspecified atom stereocenters. The van der Waals surface area contributed by atoms with Gasteiger partial charge in [0.15, 0.2) is 0 Å². The lowest BCUT2D eigenvalue weighted by Crippen LogP contribution is -2.28.